The van der Waals surface area contributed by atoms with Gasteiger partial charge in [0.2, 0.25) is 0 Å². The molecule has 2 rings (SSSR count). The molecule has 1 heterocycles. The average Bonchev–Trinajstić information content (AvgIpc) is 2.91. The minimum atomic E-state index is -0.0728. The van der Waals surface area contributed by atoms with Crippen LogP contribution in [0.1, 0.15) is 35.5 Å². The fourth-order valence-electron chi connectivity index (χ4n) is 2.54. The van der Waals surface area contributed by atoms with Crippen LogP contribution in [-0.2, 0) is 20.0 Å². The number of aryl methyl sites for hydroxylation is 1. The first-order valence-corrected chi connectivity index (χ1v) is 7.95. The van der Waals surface area contributed by atoms with Crippen molar-refractivity contribution in [3.8, 4) is 0 Å². The Hall–Kier alpha value is -2.14. The fourth-order valence-corrected chi connectivity index (χ4v) is 2.54. The number of aromatic nitrogens is 2. The maximum absolute atomic E-state index is 12.7. The molecule has 1 amide bonds. The highest BCUT2D eigenvalue weighted by molar-refractivity contribution is 5.94. The third kappa shape index (κ3) is 4.66. The van der Waals surface area contributed by atoms with Crippen LogP contribution in [0.15, 0.2) is 36.8 Å². The number of imidazole rings is 1. The van der Waals surface area contributed by atoms with Crippen molar-refractivity contribution in [1.82, 2.24) is 14.5 Å². The van der Waals surface area contributed by atoms with Gasteiger partial charge in [-0.3, -0.25) is 4.79 Å². The minimum absolute atomic E-state index is 0.0605. The van der Waals surface area contributed by atoms with Gasteiger partial charge >= 0.3 is 0 Å². The Morgan fingerprint density at radius 2 is 2.00 bits per heavy atom. The molecule has 0 unspecified atom stereocenters. The molecular formula is C18H25N3O2. The van der Waals surface area contributed by atoms with Gasteiger partial charge in [0.1, 0.15) is 0 Å². The highest BCUT2D eigenvalue weighted by Gasteiger charge is 2.17. The molecule has 1 N–H and O–H groups in total. The third-order valence-corrected chi connectivity index (χ3v) is 3.77. The van der Waals surface area contributed by atoms with Crippen LogP contribution in [0.25, 0.3) is 0 Å². The lowest BCUT2D eigenvalue weighted by Gasteiger charge is -2.22. The van der Waals surface area contributed by atoms with Crippen LogP contribution in [0.2, 0.25) is 0 Å². The van der Waals surface area contributed by atoms with Gasteiger partial charge in [-0.1, -0.05) is 26.0 Å². The SMILES string of the molecule is CC(C)Cc1ccc(C(=O)N(CCO)Cc2cncn2C)cc1. The predicted molar refractivity (Wildman–Crippen MR) is 90.0 cm³/mol. The van der Waals surface area contributed by atoms with Crippen LogP contribution in [0, 0.1) is 5.92 Å². The summed E-state index contributed by atoms with van der Waals surface area (Å²) < 4.78 is 1.88. The summed E-state index contributed by atoms with van der Waals surface area (Å²) in [6.07, 6.45) is 4.45. The topological polar surface area (TPSA) is 58.4 Å². The molecule has 1 aromatic carbocycles. The third-order valence-electron chi connectivity index (χ3n) is 3.77. The van der Waals surface area contributed by atoms with Crippen LogP contribution in [0.5, 0.6) is 0 Å². The molecule has 5 nitrogen and oxygen atoms in total. The van der Waals surface area contributed by atoms with E-state index in [9.17, 15) is 9.90 Å². The van der Waals surface area contributed by atoms with Crippen molar-refractivity contribution in [3.05, 3.63) is 53.6 Å². The fraction of sp³-hybridized carbons (Fsp3) is 0.444. The van der Waals surface area contributed by atoms with Gasteiger partial charge < -0.3 is 14.6 Å². The van der Waals surface area contributed by atoms with E-state index in [1.54, 1.807) is 17.4 Å². The predicted octanol–water partition coefficient (Wildman–Crippen LogP) is 2.25. The van der Waals surface area contributed by atoms with E-state index in [0.29, 0.717) is 24.6 Å². The summed E-state index contributed by atoms with van der Waals surface area (Å²) in [5.41, 5.74) is 2.81. The quantitative estimate of drug-likeness (QED) is 0.852. The molecule has 0 radical (unpaired) electrons. The van der Waals surface area contributed by atoms with Gasteiger partial charge in [0, 0.05) is 25.4 Å². The Labute approximate surface area is 137 Å². The molecule has 0 spiro atoms. The first kappa shape index (κ1) is 17.2. The van der Waals surface area contributed by atoms with Crippen LogP contribution >= 0.6 is 0 Å². The second-order valence-corrected chi connectivity index (χ2v) is 6.24. The van der Waals surface area contributed by atoms with E-state index in [4.69, 9.17) is 0 Å². The summed E-state index contributed by atoms with van der Waals surface area (Å²) in [6, 6.07) is 7.75. The minimum Gasteiger partial charge on any atom is -0.395 e. The van der Waals surface area contributed by atoms with E-state index in [1.807, 2.05) is 35.9 Å². The second-order valence-electron chi connectivity index (χ2n) is 6.24. The van der Waals surface area contributed by atoms with E-state index in [1.165, 1.54) is 5.56 Å². The van der Waals surface area contributed by atoms with Gasteiger partial charge in [-0.2, -0.15) is 0 Å². The van der Waals surface area contributed by atoms with Crippen LogP contribution in [0.4, 0.5) is 0 Å². The van der Waals surface area contributed by atoms with E-state index in [0.717, 1.165) is 12.1 Å². The largest absolute Gasteiger partial charge is 0.395 e. The van der Waals surface area contributed by atoms with E-state index < -0.39 is 0 Å². The van der Waals surface area contributed by atoms with Gasteiger partial charge in [-0.05, 0) is 30.0 Å². The molecule has 5 heteroatoms. The molecule has 124 valence electrons. The number of carbonyl (C=O) groups is 1. The van der Waals surface area contributed by atoms with Crippen LogP contribution < -0.4 is 0 Å². The Bertz CT molecular complexity index is 632. The smallest absolute Gasteiger partial charge is 0.254 e. The molecule has 0 bridgehead atoms. The zero-order valence-corrected chi connectivity index (χ0v) is 14.1. The van der Waals surface area contributed by atoms with Crippen LogP contribution in [0.3, 0.4) is 0 Å². The number of benzene rings is 1. The number of hydrogen-bond donors (Lipinski definition) is 1. The standard InChI is InChI=1S/C18H25N3O2/c1-14(2)10-15-4-6-16(7-5-15)18(23)21(8-9-22)12-17-11-19-13-20(17)3/h4-7,11,13-14,22H,8-10,12H2,1-3H3. The first-order chi connectivity index (χ1) is 11.0. The van der Waals surface area contributed by atoms with Gasteiger partial charge in [-0.15, -0.1) is 0 Å². The van der Waals surface area contributed by atoms with Crippen molar-refractivity contribution in [2.75, 3.05) is 13.2 Å². The summed E-state index contributed by atoms with van der Waals surface area (Å²) in [7, 11) is 1.89. The zero-order valence-electron chi connectivity index (χ0n) is 14.1. The van der Waals surface area contributed by atoms with E-state index >= 15 is 0 Å². The Morgan fingerprint density at radius 3 is 2.52 bits per heavy atom. The molecule has 23 heavy (non-hydrogen) atoms. The average molecular weight is 315 g/mol. The number of carbonyl (C=O) groups excluding carboxylic acids is 1. The lowest BCUT2D eigenvalue weighted by Crippen LogP contribution is -2.33. The number of rotatable bonds is 7. The number of amides is 1. The van der Waals surface area contributed by atoms with Crippen molar-refractivity contribution in [3.63, 3.8) is 0 Å². The highest BCUT2D eigenvalue weighted by Crippen LogP contribution is 2.13. The normalized spacial score (nSPS) is 11.0. The molecule has 0 saturated heterocycles. The maximum atomic E-state index is 12.7. The number of hydrogen-bond acceptors (Lipinski definition) is 3. The van der Waals surface area contributed by atoms with Crippen molar-refractivity contribution in [1.29, 1.82) is 0 Å². The molecule has 0 atom stereocenters. The molecule has 1 aromatic heterocycles. The number of aliphatic hydroxyl groups excluding tert-OH is 1. The van der Waals surface area contributed by atoms with E-state index in [2.05, 4.69) is 18.8 Å². The van der Waals surface area contributed by atoms with Gasteiger partial charge in [0.15, 0.2) is 0 Å². The molecule has 0 aliphatic rings. The van der Waals surface area contributed by atoms with Crippen molar-refractivity contribution >= 4 is 5.91 Å². The molecule has 0 saturated carbocycles. The number of aliphatic hydroxyl groups is 1. The zero-order chi connectivity index (χ0) is 16.8. The highest BCUT2D eigenvalue weighted by atomic mass is 16.3. The van der Waals surface area contributed by atoms with Crippen LogP contribution in [-0.4, -0.2) is 38.6 Å². The molecular weight excluding hydrogens is 290 g/mol. The summed E-state index contributed by atoms with van der Waals surface area (Å²) in [4.78, 5) is 18.4. The van der Waals surface area contributed by atoms with Gasteiger partial charge in [0.25, 0.3) is 5.91 Å². The maximum Gasteiger partial charge on any atom is 0.254 e. The monoisotopic (exact) mass is 315 g/mol. The summed E-state index contributed by atoms with van der Waals surface area (Å²) >= 11 is 0. The molecule has 0 aliphatic carbocycles. The lowest BCUT2D eigenvalue weighted by atomic mass is 10.0. The number of nitrogens with zero attached hydrogens (tertiary/aromatic N) is 3. The Morgan fingerprint density at radius 1 is 1.30 bits per heavy atom. The Kier molecular flexibility index (Phi) is 5.93. The van der Waals surface area contributed by atoms with Gasteiger partial charge in [-0.25, -0.2) is 4.98 Å². The molecule has 0 fully saturated rings. The van der Waals surface area contributed by atoms with Gasteiger partial charge in [0.05, 0.1) is 25.2 Å². The van der Waals surface area contributed by atoms with Crippen molar-refractivity contribution in [2.24, 2.45) is 13.0 Å². The first-order valence-electron chi connectivity index (χ1n) is 7.95. The lowest BCUT2D eigenvalue weighted by molar-refractivity contribution is 0.0704. The second kappa shape index (κ2) is 7.92. The molecule has 0 aliphatic heterocycles. The van der Waals surface area contributed by atoms with Crippen molar-refractivity contribution < 1.29 is 9.90 Å². The summed E-state index contributed by atoms with van der Waals surface area (Å²) in [5, 5.41) is 9.26. The summed E-state index contributed by atoms with van der Waals surface area (Å²) in [5.74, 6) is 0.517. The Balaban J connectivity index is 2.12. The summed E-state index contributed by atoms with van der Waals surface area (Å²) in [6.45, 7) is 5.03. The molecule has 2 aromatic rings. The van der Waals surface area contributed by atoms with Crippen molar-refractivity contribution in [2.45, 2.75) is 26.8 Å². The van der Waals surface area contributed by atoms with E-state index in [-0.39, 0.29) is 12.5 Å².